The molecule has 0 unspecified atom stereocenters. The van der Waals surface area contributed by atoms with Gasteiger partial charge in [-0.15, -0.1) is 0 Å². The standard InChI is InChI=1S/C30H50O3/c1-19-20(32)8-9-22-27(5)13-14-29(7)23-17-25(2,3)10-11-26(23,4)12-15-30(29,18-31)24(27)21(33)16-28(19,22)6/h19,21-24,31,33H,8-18H2,1-7H3/t19-,21+,22+,23+,24-,26+,27-,28+,29-,30-/m0/s1. The van der Waals surface area contributed by atoms with Crippen molar-refractivity contribution in [1.82, 2.24) is 0 Å². The van der Waals surface area contributed by atoms with E-state index in [0.717, 1.165) is 32.1 Å². The Morgan fingerprint density at radius 3 is 2.18 bits per heavy atom. The predicted molar refractivity (Wildman–Crippen MR) is 133 cm³/mol. The zero-order valence-corrected chi connectivity index (χ0v) is 22.5. The zero-order chi connectivity index (χ0) is 24.2. The summed E-state index contributed by atoms with van der Waals surface area (Å²) in [4.78, 5) is 12.8. The minimum Gasteiger partial charge on any atom is -0.396 e. The van der Waals surface area contributed by atoms with Crippen LogP contribution in [0.15, 0.2) is 0 Å². The fourth-order valence-electron chi connectivity index (χ4n) is 11.4. The van der Waals surface area contributed by atoms with Gasteiger partial charge in [0.1, 0.15) is 5.78 Å². The SMILES string of the molecule is C[C@H]1C(=O)CC[C@H]2[C@]1(C)C[C@@H](O)[C@H]1[C@@]2(C)CC[C@@]2(C)[C@@H]3CC(C)(C)CC[C@]3(C)CC[C@]12CO. The summed E-state index contributed by atoms with van der Waals surface area (Å²) in [5.41, 5.74) is 0.415. The fraction of sp³-hybridized carbons (Fsp3) is 0.967. The van der Waals surface area contributed by atoms with Crippen LogP contribution in [0.5, 0.6) is 0 Å². The molecule has 5 aliphatic carbocycles. The summed E-state index contributed by atoms with van der Waals surface area (Å²) in [5, 5.41) is 23.3. The number of carbonyl (C=O) groups is 1. The molecule has 3 heteroatoms. The molecule has 3 nitrogen and oxygen atoms in total. The third-order valence-corrected chi connectivity index (χ3v) is 13.6. The smallest absolute Gasteiger partial charge is 0.136 e. The second-order valence-corrected chi connectivity index (χ2v) is 15.3. The molecule has 5 fully saturated rings. The van der Waals surface area contributed by atoms with Crippen molar-refractivity contribution in [3.8, 4) is 0 Å². The van der Waals surface area contributed by atoms with Gasteiger partial charge >= 0.3 is 0 Å². The molecule has 5 aliphatic rings. The van der Waals surface area contributed by atoms with E-state index in [1.807, 2.05) is 0 Å². The topological polar surface area (TPSA) is 57.5 Å². The number of fused-ring (bicyclic) bond motifs is 7. The van der Waals surface area contributed by atoms with E-state index in [2.05, 4.69) is 48.5 Å². The molecular formula is C30H50O3. The summed E-state index contributed by atoms with van der Waals surface area (Å²) in [7, 11) is 0. The van der Waals surface area contributed by atoms with E-state index in [-0.39, 0.29) is 40.1 Å². The van der Waals surface area contributed by atoms with Crippen LogP contribution < -0.4 is 0 Å². The minimum absolute atomic E-state index is 0.0124. The van der Waals surface area contributed by atoms with Crippen LogP contribution in [0.1, 0.15) is 113 Å². The van der Waals surface area contributed by atoms with Crippen molar-refractivity contribution in [2.24, 2.45) is 56.2 Å². The Hall–Kier alpha value is -0.410. The molecule has 0 aliphatic heterocycles. The lowest BCUT2D eigenvalue weighted by molar-refractivity contribution is -0.296. The van der Waals surface area contributed by atoms with E-state index in [9.17, 15) is 15.0 Å². The number of ketones is 1. The Morgan fingerprint density at radius 2 is 1.52 bits per heavy atom. The molecule has 188 valence electrons. The van der Waals surface area contributed by atoms with E-state index in [1.165, 1.54) is 25.7 Å². The van der Waals surface area contributed by atoms with Gasteiger partial charge in [-0.2, -0.15) is 0 Å². The number of hydrogen-bond donors (Lipinski definition) is 2. The Labute approximate surface area is 202 Å². The van der Waals surface area contributed by atoms with Crippen LogP contribution in [0.25, 0.3) is 0 Å². The van der Waals surface area contributed by atoms with E-state index in [4.69, 9.17) is 0 Å². The van der Waals surface area contributed by atoms with Gasteiger partial charge in [-0.1, -0.05) is 48.5 Å². The van der Waals surface area contributed by atoms with Gasteiger partial charge in [0.15, 0.2) is 0 Å². The van der Waals surface area contributed by atoms with Crippen LogP contribution in [0.2, 0.25) is 0 Å². The summed E-state index contributed by atoms with van der Waals surface area (Å²) >= 11 is 0. The molecule has 0 heterocycles. The van der Waals surface area contributed by atoms with Gasteiger partial charge in [0.2, 0.25) is 0 Å². The van der Waals surface area contributed by atoms with Gasteiger partial charge in [0.25, 0.3) is 0 Å². The molecule has 5 saturated carbocycles. The van der Waals surface area contributed by atoms with Crippen molar-refractivity contribution in [2.75, 3.05) is 6.61 Å². The number of aliphatic hydroxyl groups is 2. The van der Waals surface area contributed by atoms with Crippen LogP contribution in [-0.2, 0) is 4.79 Å². The molecule has 0 aromatic carbocycles. The highest BCUT2D eigenvalue weighted by Gasteiger charge is 2.74. The van der Waals surface area contributed by atoms with E-state index < -0.39 is 6.10 Å². The lowest BCUT2D eigenvalue weighted by atomic mass is 9.29. The lowest BCUT2D eigenvalue weighted by Crippen LogP contribution is -2.72. The highest BCUT2D eigenvalue weighted by Crippen LogP contribution is 2.78. The molecule has 0 aromatic rings. The van der Waals surface area contributed by atoms with Gasteiger partial charge in [-0.05, 0) is 103 Å². The zero-order valence-electron chi connectivity index (χ0n) is 22.5. The van der Waals surface area contributed by atoms with E-state index in [0.29, 0.717) is 34.9 Å². The quantitative estimate of drug-likeness (QED) is 0.478. The van der Waals surface area contributed by atoms with Crippen molar-refractivity contribution in [3.63, 3.8) is 0 Å². The second kappa shape index (κ2) is 7.09. The Bertz CT molecular complexity index is 834. The van der Waals surface area contributed by atoms with Crippen molar-refractivity contribution in [3.05, 3.63) is 0 Å². The predicted octanol–water partition coefficient (Wildman–Crippen LogP) is 6.40. The summed E-state index contributed by atoms with van der Waals surface area (Å²) in [5.74, 6) is 1.60. The lowest BCUT2D eigenvalue weighted by Gasteiger charge is -2.75. The van der Waals surface area contributed by atoms with E-state index >= 15 is 0 Å². The fourth-order valence-corrected chi connectivity index (χ4v) is 11.4. The normalized spacial score (nSPS) is 58.0. The first-order chi connectivity index (χ1) is 15.2. The molecule has 2 N–H and O–H groups in total. The molecule has 0 radical (unpaired) electrons. The summed E-state index contributed by atoms with van der Waals surface area (Å²) < 4.78 is 0. The third kappa shape index (κ3) is 2.90. The van der Waals surface area contributed by atoms with Crippen LogP contribution >= 0.6 is 0 Å². The van der Waals surface area contributed by atoms with Crippen molar-refractivity contribution >= 4 is 5.78 Å². The maximum Gasteiger partial charge on any atom is 0.136 e. The molecule has 0 bridgehead atoms. The van der Waals surface area contributed by atoms with Crippen LogP contribution in [-0.4, -0.2) is 28.7 Å². The van der Waals surface area contributed by atoms with Crippen LogP contribution in [0, 0.1) is 56.2 Å². The Kier molecular flexibility index (Phi) is 5.22. The minimum atomic E-state index is -0.433. The average Bonchev–Trinajstić information content (AvgIpc) is 2.73. The molecule has 10 atom stereocenters. The maximum absolute atomic E-state index is 12.8. The number of aliphatic hydroxyl groups excluding tert-OH is 2. The van der Waals surface area contributed by atoms with Crippen molar-refractivity contribution in [1.29, 1.82) is 0 Å². The second-order valence-electron chi connectivity index (χ2n) is 15.3. The van der Waals surface area contributed by atoms with Gasteiger partial charge in [0.05, 0.1) is 6.10 Å². The highest BCUT2D eigenvalue weighted by atomic mass is 16.3. The largest absolute Gasteiger partial charge is 0.396 e. The summed E-state index contributed by atoms with van der Waals surface area (Å²) in [6, 6.07) is 0. The molecular weight excluding hydrogens is 408 g/mol. The van der Waals surface area contributed by atoms with Gasteiger partial charge in [0, 0.05) is 24.4 Å². The van der Waals surface area contributed by atoms with Gasteiger partial charge in [-0.25, -0.2) is 0 Å². The van der Waals surface area contributed by atoms with Crippen molar-refractivity contribution in [2.45, 2.75) is 119 Å². The molecule has 0 amide bonds. The van der Waals surface area contributed by atoms with E-state index in [1.54, 1.807) is 0 Å². The van der Waals surface area contributed by atoms with Crippen LogP contribution in [0.3, 0.4) is 0 Å². The van der Waals surface area contributed by atoms with Gasteiger partial charge < -0.3 is 10.2 Å². The first-order valence-electron chi connectivity index (χ1n) is 14.0. The molecule has 5 rings (SSSR count). The highest BCUT2D eigenvalue weighted by molar-refractivity contribution is 5.82. The Morgan fingerprint density at radius 1 is 0.848 bits per heavy atom. The van der Waals surface area contributed by atoms with Crippen LogP contribution in [0.4, 0.5) is 0 Å². The molecule has 0 aromatic heterocycles. The number of rotatable bonds is 1. The third-order valence-electron chi connectivity index (χ3n) is 13.6. The van der Waals surface area contributed by atoms with Gasteiger partial charge in [-0.3, -0.25) is 4.79 Å². The monoisotopic (exact) mass is 458 g/mol. The number of carbonyl (C=O) groups excluding carboxylic acids is 1. The first-order valence-corrected chi connectivity index (χ1v) is 14.0. The molecule has 33 heavy (non-hydrogen) atoms. The average molecular weight is 459 g/mol. The van der Waals surface area contributed by atoms with Crippen molar-refractivity contribution < 1.29 is 15.0 Å². The molecule has 0 saturated heterocycles. The summed E-state index contributed by atoms with van der Waals surface area (Å²) in [6.45, 7) is 17.0. The maximum atomic E-state index is 12.8. The first kappa shape index (κ1) is 24.3. The molecule has 0 spiro atoms. The Balaban J connectivity index is 1.62. The number of Topliss-reactive ketones (excluding diaryl/α,β-unsaturated/α-hetero) is 1. The summed E-state index contributed by atoms with van der Waals surface area (Å²) in [6.07, 6.45) is 10.3. The number of hydrogen-bond acceptors (Lipinski definition) is 3.